The fraction of sp³-hybridized carbons (Fsp3) is 0.0667. The molecule has 0 atom stereocenters. The number of benzene rings is 2. The van der Waals surface area contributed by atoms with Crippen molar-refractivity contribution in [2.24, 2.45) is 0 Å². The zero-order chi connectivity index (χ0) is 16.1. The van der Waals surface area contributed by atoms with Crippen LogP contribution in [-0.4, -0.2) is 33.8 Å². The Bertz CT molecular complexity index is 699. The number of aromatic hydroxyl groups is 2. The van der Waals surface area contributed by atoms with Gasteiger partial charge in [0, 0.05) is 0 Å². The molecular weight excluding hydrogens is 290 g/mol. The van der Waals surface area contributed by atoms with Crippen LogP contribution in [0.1, 0.15) is 10.4 Å². The Morgan fingerprint density at radius 1 is 1.05 bits per heavy atom. The highest BCUT2D eigenvalue weighted by atomic mass is 16.5. The predicted octanol–water partition coefficient (Wildman–Crippen LogP) is 1.81. The van der Waals surface area contributed by atoms with Gasteiger partial charge >= 0.3 is 5.97 Å². The van der Waals surface area contributed by atoms with Crippen molar-refractivity contribution >= 4 is 17.6 Å². The number of carboxylic acids is 1. The number of aromatic carboxylic acids is 1. The van der Waals surface area contributed by atoms with E-state index in [1.54, 1.807) is 30.3 Å². The molecule has 4 N–H and O–H groups in total. The first-order valence-electron chi connectivity index (χ1n) is 6.25. The summed E-state index contributed by atoms with van der Waals surface area (Å²) in [5.74, 6) is -2.73. The largest absolute Gasteiger partial charge is 0.506 e. The summed E-state index contributed by atoms with van der Waals surface area (Å²) in [4.78, 5) is 22.7. The Morgan fingerprint density at radius 2 is 1.73 bits per heavy atom. The molecule has 0 saturated heterocycles. The molecule has 0 heterocycles. The van der Waals surface area contributed by atoms with E-state index < -0.39 is 28.9 Å². The molecule has 7 nitrogen and oxygen atoms in total. The Labute approximate surface area is 125 Å². The smallest absolute Gasteiger partial charge is 0.339 e. The molecule has 0 bridgehead atoms. The van der Waals surface area contributed by atoms with Crippen molar-refractivity contribution in [3.8, 4) is 17.2 Å². The number of phenols is 2. The van der Waals surface area contributed by atoms with Gasteiger partial charge < -0.3 is 25.4 Å². The molecule has 0 aromatic heterocycles. The molecule has 0 unspecified atom stereocenters. The van der Waals surface area contributed by atoms with Crippen LogP contribution in [0.25, 0.3) is 0 Å². The number of carbonyl (C=O) groups excluding carboxylic acids is 1. The van der Waals surface area contributed by atoms with E-state index in [4.69, 9.17) is 9.84 Å². The molecule has 1 amide bonds. The van der Waals surface area contributed by atoms with Crippen molar-refractivity contribution in [2.45, 2.75) is 0 Å². The van der Waals surface area contributed by atoms with E-state index in [9.17, 15) is 19.8 Å². The maximum absolute atomic E-state index is 11.8. The quantitative estimate of drug-likeness (QED) is 0.626. The molecule has 0 aliphatic rings. The average molecular weight is 303 g/mol. The highest BCUT2D eigenvalue weighted by Crippen LogP contribution is 2.35. The number of para-hydroxylation sites is 1. The molecule has 22 heavy (non-hydrogen) atoms. The van der Waals surface area contributed by atoms with Crippen LogP contribution in [0.15, 0.2) is 42.5 Å². The summed E-state index contributed by atoms with van der Waals surface area (Å²) in [6, 6.07) is 10.7. The Morgan fingerprint density at radius 3 is 2.36 bits per heavy atom. The van der Waals surface area contributed by atoms with Crippen molar-refractivity contribution in [1.82, 2.24) is 0 Å². The second kappa shape index (κ2) is 6.49. The van der Waals surface area contributed by atoms with Gasteiger partial charge in [-0.1, -0.05) is 18.2 Å². The van der Waals surface area contributed by atoms with Crippen molar-refractivity contribution in [3.63, 3.8) is 0 Å². The lowest BCUT2D eigenvalue weighted by atomic mass is 10.1. The molecule has 7 heteroatoms. The summed E-state index contributed by atoms with van der Waals surface area (Å²) < 4.78 is 5.21. The first kappa shape index (κ1) is 15.2. The molecule has 0 saturated carbocycles. The average Bonchev–Trinajstić information content (AvgIpc) is 2.50. The molecular formula is C15H13NO6. The SMILES string of the molecule is O=C(COc1ccccc1)Nc1c(O)ccc(C(=O)O)c1O. The summed E-state index contributed by atoms with van der Waals surface area (Å²) in [6.45, 7) is -0.361. The number of carboxylic acid groups (broad SMARTS) is 1. The molecule has 2 aromatic rings. The molecule has 0 aliphatic heterocycles. The number of rotatable bonds is 5. The number of anilines is 1. The predicted molar refractivity (Wildman–Crippen MR) is 77.3 cm³/mol. The third-order valence-corrected chi connectivity index (χ3v) is 2.76. The topological polar surface area (TPSA) is 116 Å². The molecule has 2 aromatic carbocycles. The van der Waals surface area contributed by atoms with Gasteiger partial charge in [-0.25, -0.2) is 4.79 Å². The van der Waals surface area contributed by atoms with E-state index in [0.717, 1.165) is 12.1 Å². The molecule has 0 spiro atoms. The van der Waals surface area contributed by atoms with Gasteiger partial charge in [-0.05, 0) is 24.3 Å². The number of phenolic OH excluding ortho intramolecular Hbond substituents is 1. The summed E-state index contributed by atoms with van der Waals surface area (Å²) in [5, 5.41) is 30.5. The van der Waals surface area contributed by atoms with E-state index in [1.807, 2.05) is 0 Å². The van der Waals surface area contributed by atoms with Gasteiger partial charge in [-0.15, -0.1) is 0 Å². The van der Waals surface area contributed by atoms with Gasteiger partial charge in [0.1, 0.15) is 22.7 Å². The van der Waals surface area contributed by atoms with Crippen LogP contribution >= 0.6 is 0 Å². The number of carbonyl (C=O) groups is 2. The van der Waals surface area contributed by atoms with E-state index in [0.29, 0.717) is 5.75 Å². The number of hydrogen-bond donors (Lipinski definition) is 4. The molecule has 0 aliphatic carbocycles. The third-order valence-electron chi connectivity index (χ3n) is 2.76. The van der Waals surface area contributed by atoms with Crippen molar-refractivity contribution < 1.29 is 29.6 Å². The van der Waals surface area contributed by atoms with E-state index in [-0.39, 0.29) is 12.3 Å². The lowest BCUT2D eigenvalue weighted by molar-refractivity contribution is -0.118. The van der Waals surface area contributed by atoms with Crippen molar-refractivity contribution in [3.05, 3.63) is 48.0 Å². The zero-order valence-corrected chi connectivity index (χ0v) is 11.3. The van der Waals surface area contributed by atoms with Gasteiger partial charge in [0.15, 0.2) is 12.4 Å². The van der Waals surface area contributed by atoms with Crippen molar-refractivity contribution in [2.75, 3.05) is 11.9 Å². The van der Waals surface area contributed by atoms with Crippen LogP contribution in [-0.2, 0) is 4.79 Å². The molecule has 0 fully saturated rings. The summed E-state index contributed by atoms with van der Waals surface area (Å²) in [6.07, 6.45) is 0. The lowest BCUT2D eigenvalue weighted by Crippen LogP contribution is -2.20. The highest BCUT2D eigenvalue weighted by Gasteiger charge is 2.18. The molecule has 0 radical (unpaired) electrons. The second-order valence-corrected chi connectivity index (χ2v) is 4.31. The van der Waals surface area contributed by atoms with Crippen LogP contribution in [0.5, 0.6) is 17.2 Å². The zero-order valence-electron chi connectivity index (χ0n) is 11.3. The number of hydrogen-bond acceptors (Lipinski definition) is 5. The number of amides is 1. The lowest BCUT2D eigenvalue weighted by Gasteiger charge is -2.11. The number of ether oxygens (including phenoxy) is 1. The summed E-state index contributed by atoms with van der Waals surface area (Å²) in [5.41, 5.74) is -0.807. The Kier molecular flexibility index (Phi) is 4.47. The Hall–Kier alpha value is -3.22. The first-order chi connectivity index (χ1) is 10.5. The maximum atomic E-state index is 11.8. The molecule has 2 rings (SSSR count). The minimum atomic E-state index is -1.38. The van der Waals surface area contributed by atoms with E-state index in [2.05, 4.69) is 5.32 Å². The van der Waals surface area contributed by atoms with Gasteiger partial charge in [-0.2, -0.15) is 0 Å². The van der Waals surface area contributed by atoms with Crippen LogP contribution in [0, 0.1) is 0 Å². The maximum Gasteiger partial charge on any atom is 0.339 e. The normalized spacial score (nSPS) is 10.0. The van der Waals surface area contributed by atoms with Gasteiger partial charge in [0.25, 0.3) is 5.91 Å². The monoisotopic (exact) mass is 303 g/mol. The fourth-order valence-corrected chi connectivity index (χ4v) is 1.72. The van der Waals surface area contributed by atoms with Crippen molar-refractivity contribution in [1.29, 1.82) is 0 Å². The third kappa shape index (κ3) is 3.45. The molecule has 114 valence electrons. The number of nitrogens with one attached hydrogen (secondary N) is 1. The van der Waals surface area contributed by atoms with Crippen LogP contribution in [0.2, 0.25) is 0 Å². The fourth-order valence-electron chi connectivity index (χ4n) is 1.72. The first-order valence-corrected chi connectivity index (χ1v) is 6.25. The van der Waals surface area contributed by atoms with Gasteiger partial charge in [-0.3, -0.25) is 4.79 Å². The van der Waals surface area contributed by atoms with E-state index in [1.165, 1.54) is 0 Å². The summed E-state index contributed by atoms with van der Waals surface area (Å²) in [7, 11) is 0. The van der Waals surface area contributed by atoms with Gasteiger partial charge in [0.05, 0.1) is 0 Å². The second-order valence-electron chi connectivity index (χ2n) is 4.31. The van der Waals surface area contributed by atoms with Gasteiger partial charge in [0.2, 0.25) is 0 Å². The van der Waals surface area contributed by atoms with Crippen LogP contribution < -0.4 is 10.1 Å². The minimum absolute atomic E-state index is 0.361. The van der Waals surface area contributed by atoms with E-state index >= 15 is 0 Å². The Balaban J connectivity index is 2.08. The standard InChI is InChI=1S/C15H13NO6/c17-11-7-6-10(15(20)21)14(19)13(11)16-12(18)8-22-9-4-2-1-3-5-9/h1-7,17,19H,8H2,(H,16,18)(H,20,21). The van der Waals surface area contributed by atoms with Crippen LogP contribution in [0.3, 0.4) is 0 Å². The minimum Gasteiger partial charge on any atom is -0.506 e. The van der Waals surface area contributed by atoms with Crippen LogP contribution in [0.4, 0.5) is 5.69 Å². The summed E-state index contributed by atoms with van der Waals surface area (Å²) >= 11 is 0. The highest BCUT2D eigenvalue weighted by molar-refractivity contribution is 6.00.